The molecule has 0 aliphatic carbocycles. The van der Waals surface area contributed by atoms with Gasteiger partial charge in [0.15, 0.2) is 0 Å². The fourth-order valence-corrected chi connectivity index (χ4v) is 2.39. The molecule has 0 bridgehead atoms. The maximum atomic E-state index is 6.26. The average Bonchev–Trinajstić information content (AvgIpc) is 2.90. The third-order valence-electron chi connectivity index (χ3n) is 3.20. The van der Waals surface area contributed by atoms with Crippen molar-refractivity contribution in [3.8, 4) is 5.75 Å². The van der Waals surface area contributed by atoms with E-state index in [0.717, 1.165) is 22.3 Å². The van der Waals surface area contributed by atoms with Crippen LogP contribution in [0.4, 0.5) is 0 Å². The third kappa shape index (κ3) is 5.02. The molecule has 0 spiro atoms. The first-order chi connectivity index (χ1) is 11.0. The Morgan fingerprint density at radius 2 is 1.70 bits per heavy atom. The molecule has 122 valence electrons. The van der Waals surface area contributed by atoms with Gasteiger partial charge in [0, 0.05) is 11.4 Å². The van der Waals surface area contributed by atoms with E-state index in [2.05, 4.69) is 0 Å². The first kappa shape index (κ1) is 17.4. The minimum atomic E-state index is 0.00235. The van der Waals surface area contributed by atoms with Gasteiger partial charge in [0.1, 0.15) is 23.9 Å². The van der Waals surface area contributed by atoms with E-state index in [0.29, 0.717) is 17.4 Å². The van der Waals surface area contributed by atoms with Crippen LogP contribution in [0.3, 0.4) is 0 Å². The number of benzene rings is 2. The first-order valence-corrected chi connectivity index (χ1v) is 7.94. The third-order valence-corrected chi connectivity index (χ3v) is 3.59. The van der Waals surface area contributed by atoms with Crippen molar-refractivity contribution < 1.29 is 9.15 Å². The van der Waals surface area contributed by atoms with E-state index in [1.54, 1.807) is 0 Å². The molecule has 3 nitrogen and oxygen atoms in total. The van der Waals surface area contributed by atoms with Gasteiger partial charge in [-0.05, 0) is 44.4 Å². The summed E-state index contributed by atoms with van der Waals surface area (Å²) in [6, 6.07) is 15.7. The van der Waals surface area contributed by atoms with Crippen molar-refractivity contribution in [3.63, 3.8) is 0 Å². The largest absolute Gasteiger partial charge is 0.490 e. The Balaban J connectivity index is 0.000000229. The standard InChI is InChI=1S/C13H14ClNO.C6H8O/c1-9(15)8-16-12-7-6-10-4-2-3-5-11(10)13(12)14;1-5-3-4-6(2)7-5/h2-7,9H,8,15H2,1H3;3-4H,1-2H3. The Morgan fingerprint density at radius 1 is 1.04 bits per heavy atom. The number of nitrogens with two attached hydrogens (primary N) is 1. The Labute approximate surface area is 142 Å². The highest BCUT2D eigenvalue weighted by Crippen LogP contribution is 2.32. The number of hydrogen-bond acceptors (Lipinski definition) is 3. The molecule has 0 fully saturated rings. The van der Waals surface area contributed by atoms with Gasteiger partial charge < -0.3 is 14.9 Å². The topological polar surface area (TPSA) is 48.4 Å². The minimum absolute atomic E-state index is 0.00235. The van der Waals surface area contributed by atoms with E-state index in [4.69, 9.17) is 26.5 Å². The highest BCUT2D eigenvalue weighted by molar-refractivity contribution is 6.37. The second-order valence-electron chi connectivity index (χ2n) is 5.54. The summed E-state index contributed by atoms with van der Waals surface area (Å²) in [5, 5.41) is 2.77. The fourth-order valence-electron chi connectivity index (χ4n) is 2.10. The van der Waals surface area contributed by atoms with E-state index >= 15 is 0 Å². The minimum Gasteiger partial charge on any atom is -0.490 e. The van der Waals surface area contributed by atoms with Gasteiger partial charge in [-0.15, -0.1) is 0 Å². The van der Waals surface area contributed by atoms with Gasteiger partial charge >= 0.3 is 0 Å². The number of furan rings is 1. The van der Waals surface area contributed by atoms with Crippen LogP contribution in [0.1, 0.15) is 18.4 Å². The van der Waals surface area contributed by atoms with Gasteiger partial charge in [0.25, 0.3) is 0 Å². The Morgan fingerprint density at radius 3 is 2.26 bits per heavy atom. The van der Waals surface area contributed by atoms with Gasteiger partial charge in [0.05, 0.1) is 5.02 Å². The molecule has 0 amide bonds. The first-order valence-electron chi connectivity index (χ1n) is 7.56. The molecule has 2 N–H and O–H groups in total. The zero-order valence-corrected chi connectivity index (χ0v) is 14.4. The molecule has 1 heterocycles. The van der Waals surface area contributed by atoms with Crippen molar-refractivity contribution in [2.75, 3.05) is 6.61 Å². The van der Waals surface area contributed by atoms with Gasteiger partial charge in [0.2, 0.25) is 0 Å². The van der Waals surface area contributed by atoms with Crippen LogP contribution in [0.15, 0.2) is 52.9 Å². The zero-order chi connectivity index (χ0) is 16.8. The molecule has 4 heteroatoms. The molecule has 0 saturated heterocycles. The molecule has 0 radical (unpaired) electrons. The van der Waals surface area contributed by atoms with Crippen LogP contribution in [0.2, 0.25) is 5.02 Å². The van der Waals surface area contributed by atoms with Crippen molar-refractivity contribution in [2.24, 2.45) is 5.73 Å². The summed E-state index contributed by atoms with van der Waals surface area (Å²) in [6.45, 7) is 6.24. The van der Waals surface area contributed by atoms with Crippen LogP contribution in [-0.2, 0) is 0 Å². The number of hydrogen-bond donors (Lipinski definition) is 1. The highest BCUT2D eigenvalue weighted by atomic mass is 35.5. The van der Waals surface area contributed by atoms with E-state index in [1.165, 1.54) is 0 Å². The van der Waals surface area contributed by atoms with Crippen LogP contribution < -0.4 is 10.5 Å². The summed E-state index contributed by atoms with van der Waals surface area (Å²) in [5.74, 6) is 2.66. The van der Waals surface area contributed by atoms with Crippen LogP contribution in [0.25, 0.3) is 10.8 Å². The fraction of sp³-hybridized carbons (Fsp3) is 0.263. The molecular weight excluding hydrogens is 310 g/mol. The predicted octanol–water partition coefficient (Wildman–Crippen LogP) is 5.12. The van der Waals surface area contributed by atoms with Gasteiger partial charge in [-0.3, -0.25) is 0 Å². The molecule has 1 unspecified atom stereocenters. The van der Waals surface area contributed by atoms with Gasteiger partial charge in [-0.1, -0.05) is 41.9 Å². The molecule has 0 saturated carbocycles. The SMILES string of the molecule is CC(N)COc1ccc2ccccc2c1Cl.Cc1ccc(C)o1. The molecule has 3 rings (SSSR count). The number of fused-ring (bicyclic) bond motifs is 1. The lowest BCUT2D eigenvalue weighted by Gasteiger charge is -2.11. The maximum Gasteiger partial charge on any atom is 0.138 e. The summed E-state index contributed by atoms with van der Waals surface area (Å²) in [5.41, 5.74) is 5.63. The Hall–Kier alpha value is -1.97. The van der Waals surface area contributed by atoms with Crippen molar-refractivity contribution >= 4 is 22.4 Å². The maximum absolute atomic E-state index is 6.26. The van der Waals surface area contributed by atoms with Crippen molar-refractivity contribution in [1.82, 2.24) is 0 Å². The molecule has 1 atom stereocenters. The number of aryl methyl sites for hydroxylation is 2. The van der Waals surface area contributed by atoms with Gasteiger partial charge in [-0.2, -0.15) is 0 Å². The molecule has 0 aliphatic rings. The Bertz CT molecular complexity index is 748. The van der Waals surface area contributed by atoms with Crippen LogP contribution >= 0.6 is 11.6 Å². The summed E-state index contributed by atoms with van der Waals surface area (Å²) in [4.78, 5) is 0. The lowest BCUT2D eigenvalue weighted by Crippen LogP contribution is -2.23. The van der Waals surface area contributed by atoms with Gasteiger partial charge in [-0.25, -0.2) is 0 Å². The normalized spacial score (nSPS) is 11.7. The number of ether oxygens (including phenoxy) is 1. The van der Waals surface area contributed by atoms with E-state index in [1.807, 2.05) is 69.3 Å². The van der Waals surface area contributed by atoms with Crippen LogP contribution in [0, 0.1) is 13.8 Å². The monoisotopic (exact) mass is 331 g/mol. The molecule has 0 aliphatic heterocycles. The highest BCUT2D eigenvalue weighted by Gasteiger charge is 2.06. The molecule has 2 aromatic carbocycles. The summed E-state index contributed by atoms with van der Waals surface area (Å²) < 4.78 is 10.6. The predicted molar refractivity (Wildman–Crippen MR) is 96.3 cm³/mol. The Kier molecular flexibility index (Phi) is 6.08. The smallest absolute Gasteiger partial charge is 0.138 e. The van der Waals surface area contributed by atoms with Crippen LogP contribution in [-0.4, -0.2) is 12.6 Å². The average molecular weight is 332 g/mol. The number of halogens is 1. The molecule has 1 aromatic heterocycles. The van der Waals surface area contributed by atoms with Crippen molar-refractivity contribution in [1.29, 1.82) is 0 Å². The number of rotatable bonds is 3. The second-order valence-corrected chi connectivity index (χ2v) is 5.92. The zero-order valence-electron chi connectivity index (χ0n) is 13.7. The molecule has 23 heavy (non-hydrogen) atoms. The lowest BCUT2D eigenvalue weighted by molar-refractivity contribution is 0.297. The molecular formula is C19H22ClNO2. The van der Waals surface area contributed by atoms with E-state index in [-0.39, 0.29) is 6.04 Å². The van der Waals surface area contributed by atoms with E-state index in [9.17, 15) is 0 Å². The van der Waals surface area contributed by atoms with E-state index < -0.39 is 0 Å². The summed E-state index contributed by atoms with van der Waals surface area (Å²) in [6.07, 6.45) is 0. The molecule has 3 aromatic rings. The summed E-state index contributed by atoms with van der Waals surface area (Å²) in [7, 11) is 0. The lowest BCUT2D eigenvalue weighted by atomic mass is 10.1. The quantitative estimate of drug-likeness (QED) is 0.725. The summed E-state index contributed by atoms with van der Waals surface area (Å²) >= 11 is 6.26. The van der Waals surface area contributed by atoms with Crippen molar-refractivity contribution in [2.45, 2.75) is 26.8 Å². The second kappa shape index (κ2) is 8.04. The van der Waals surface area contributed by atoms with Crippen molar-refractivity contribution in [3.05, 3.63) is 65.1 Å². The van der Waals surface area contributed by atoms with Crippen LogP contribution in [0.5, 0.6) is 5.75 Å².